The van der Waals surface area contributed by atoms with Crippen LogP contribution in [-0.2, 0) is 5.75 Å². The van der Waals surface area contributed by atoms with E-state index >= 15 is 0 Å². The van der Waals surface area contributed by atoms with E-state index in [1.165, 1.54) is 24.7 Å². The Kier molecular flexibility index (Phi) is 3.07. The van der Waals surface area contributed by atoms with E-state index in [-0.39, 0.29) is 16.5 Å². The van der Waals surface area contributed by atoms with Crippen molar-refractivity contribution in [3.8, 4) is 0 Å². The van der Waals surface area contributed by atoms with E-state index in [1.807, 2.05) is 0 Å². The molecule has 2 aromatic heterocycles. The van der Waals surface area contributed by atoms with Crippen molar-refractivity contribution < 1.29 is 14.0 Å². The molecule has 0 aliphatic carbocycles. The highest BCUT2D eigenvalue weighted by atomic mass is 32.2. The Hall–Kier alpha value is -2.48. The molecule has 8 heteroatoms. The summed E-state index contributed by atoms with van der Waals surface area (Å²) in [6, 6.07) is 1.33. The second-order valence-corrected chi connectivity index (χ2v) is 4.85. The van der Waals surface area contributed by atoms with Crippen molar-refractivity contribution in [1.82, 2.24) is 9.97 Å². The summed E-state index contributed by atoms with van der Waals surface area (Å²) in [7, 11) is 0. The van der Waals surface area contributed by atoms with Crippen LogP contribution in [0.2, 0.25) is 0 Å². The summed E-state index contributed by atoms with van der Waals surface area (Å²) in [6.45, 7) is 0. The van der Waals surface area contributed by atoms with E-state index in [4.69, 9.17) is 4.42 Å². The lowest BCUT2D eigenvalue weighted by molar-refractivity contribution is 0.101. The standard InChI is InChI=1S/C12H7N3O4S/c16-10(8-4-13-1-2-14-8)15-7-3-6-9(19-11(7)17)5-20-12(6)18/h1-4H,5H2,(H,15,16). The largest absolute Gasteiger partial charge is 0.425 e. The SMILES string of the molecule is O=C(Nc1cc2c(oc1=O)CSC2=O)c1cnccn1. The minimum atomic E-state index is -0.698. The minimum absolute atomic E-state index is 0.0631. The number of amides is 1. The maximum absolute atomic E-state index is 11.9. The highest BCUT2D eigenvalue weighted by Gasteiger charge is 2.25. The Morgan fingerprint density at radius 2 is 2.20 bits per heavy atom. The first kappa shape index (κ1) is 12.5. The Balaban J connectivity index is 1.92. The summed E-state index contributed by atoms with van der Waals surface area (Å²) in [6.07, 6.45) is 4.06. The zero-order chi connectivity index (χ0) is 14.1. The van der Waals surface area contributed by atoms with Crippen molar-refractivity contribution in [2.45, 2.75) is 5.75 Å². The molecule has 0 aromatic carbocycles. The van der Waals surface area contributed by atoms with Crippen molar-refractivity contribution in [2.24, 2.45) is 0 Å². The van der Waals surface area contributed by atoms with E-state index in [0.717, 1.165) is 11.8 Å². The molecule has 1 N–H and O–H groups in total. The summed E-state index contributed by atoms with van der Waals surface area (Å²) < 4.78 is 5.01. The number of aromatic nitrogens is 2. The molecule has 0 fully saturated rings. The van der Waals surface area contributed by atoms with Crippen LogP contribution < -0.4 is 10.9 Å². The summed E-state index contributed by atoms with van der Waals surface area (Å²) in [5.74, 6) is 0.0767. The topological polar surface area (TPSA) is 102 Å². The van der Waals surface area contributed by atoms with E-state index in [0.29, 0.717) is 17.1 Å². The molecule has 2 aromatic rings. The van der Waals surface area contributed by atoms with Gasteiger partial charge in [0.15, 0.2) is 0 Å². The van der Waals surface area contributed by atoms with Gasteiger partial charge < -0.3 is 9.73 Å². The second-order valence-electron chi connectivity index (χ2n) is 3.91. The van der Waals surface area contributed by atoms with E-state index in [2.05, 4.69) is 15.3 Å². The van der Waals surface area contributed by atoms with Crippen LogP contribution in [-0.4, -0.2) is 21.0 Å². The number of anilines is 1. The van der Waals surface area contributed by atoms with Gasteiger partial charge in [0.05, 0.1) is 17.5 Å². The van der Waals surface area contributed by atoms with Crippen LogP contribution in [0.25, 0.3) is 0 Å². The molecule has 0 unspecified atom stereocenters. The minimum Gasteiger partial charge on any atom is -0.425 e. The van der Waals surface area contributed by atoms with Gasteiger partial charge in [-0.2, -0.15) is 0 Å². The van der Waals surface area contributed by atoms with E-state index in [9.17, 15) is 14.4 Å². The number of thioether (sulfide) groups is 1. The normalized spacial score (nSPS) is 13.1. The van der Waals surface area contributed by atoms with Gasteiger partial charge in [0, 0.05) is 12.4 Å². The van der Waals surface area contributed by atoms with Crippen LogP contribution >= 0.6 is 11.8 Å². The van der Waals surface area contributed by atoms with Crippen LogP contribution in [0, 0.1) is 0 Å². The Bertz CT molecular complexity index is 757. The van der Waals surface area contributed by atoms with Gasteiger partial charge in [-0.3, -0.25) is 14.6 Å². The lowest BCUT2D eigenvalue weighted by Crippen LogP contribution is -2.19. The summed E-state index contributed by atoms with van der Waals surface area (Å²) >= 11 is 1.05. The molecule has 1 aliphatic heterocycles. The molecule has 0 bridgehead atoms. The van der Waals surface area contributed by atoms with Crippen molar-refractivity contribution in [2.75, 3.05) is 5.32 Å². The number of nitrogens with zero attached hydrogens (tertiary/aromatic N) is 2. The van der Waals surface area contributed by atoms with Gasteiger partial charge in [-0.15, -0.1) is 0 Å². The van der Waals surface area contributed by atoms with Crippen LogP contribution in [0.4, 0.5) is 5.69 Å². The lowest BCUT2D eigenvalue weighted by atomic mass is 10.2. The molecule has 100 valence electrons. The number of carbonyl (C=O) groups is 2. The second kappa shape index (κ2) is 4.89. The Morgan fingerprint density at radius 1 is 1.35 bits per heavy atom. The molecule has 7 nitrogen and oxygen atoms in total. The predicted molar refractivity (Wildman–Crippen MR) is 70.6 cm³/mol. The maximum Gasteiger partial charge on any atom is 0.359 e. The van der Waals surface area contributed by atoms with Crippen molar-refractivity contribution in [1.29, 1.82) is 0 Å². The first-order valence-corrected chi connectivity index (χ1v) is 6.55. The molecule has 20 heavy (non-hydrogen) atoms. The Labute approximate surface area is 116 Å². The monoisotopic (exact) mass is 289 g/mol. The molecule has 1 amide bonds. The van der Waals surface area contributed by atoms with Gasteiger partial charge in [-0.05, 0) is 6.07 Å². The molecule has 0 saturated heterocycles. The van der Waals surface area contributed by atoms with Crippen LogP contribution in [0.1, 0.15) is 26.6 Å². The first-order chi connectivity index (χ1) is 9.65. The number of nitrogens with one attached hydrogen (secondary N) is 1. The van der Waals surface area contributed by atoms with Gasteiger partial charge in [-0.25, -0.2) is 9.78 Å². The number of carbonyl (C=O) groups excluding carboxylic acids is 2. The van der Waals surface area contributed by atoms with E-state index in [1.54, 1.807) is 0 Å². The fourth-order valence-electron chi connectivity index (χ4n) is 1.68. The summed E-state index contributed by atoms with van der Waals surface area (Å²) in [5, 5.41) is 2.19. The molecule has 0 saturated carbocycles. The Morgan fingerprint density at radius 3 is 2.95 bits per heavy atom. The third-order valence-corrected chi connectivity index (χ3v) is 3.51. The fraction of sp³-hybridized carbons (Fsp3) is 0.0833. The van der Waals surface area contributed by atoms with Crippen molar-refractivity contribution in [3.05, 3.63) is 52.1 Å². The third-order valence-electron chi connectivity index (χ3n) is 2.62. The molecule has 0 atom stereocenters. The first-order valence-electron chi connectivity index (χ1n) is 5.56. The fourth-order valence-corrected chi connectivity index (χ4v) is 2.49. The molecule has 0 spiro atoms. The highest BCUT2D eigenvalue weighted by Crippen LogP contribution is 2.29. The predicted octanol–water partition coefficient (Wildman–Crippen LogP) is 1.07. The zero-order valence-corrected chi connectivity index (χ0v) is 10.8. The molecular formula is C12H7N3O4S. The average molecular weight is 289 g/mol. The van der Waals surface area contributed by atoms with Gasteiger partial charge in [-0.1, -0.05) is 11.8 Å². The number of rotatable bonds is 2. The smallest absolute Gasteiger partial charge is 0.359 e. The zero-order valence-electron chi connectivity index (χ0n) is 9.95. The van der Waals surface area contributed by atoms with Crippen molar-refractivity contribution in [3.63, 3.8) is 0 Å². The molecular weight excluding hydrogens is 282 g/mol. The van der Waals surface area contributed by atoms with Crippen LogP contribution in [0.5, 0.6) is 0 Å². The number of hydrogen-bond acceptors (Lipinski definition) is 7. The quantitative estimate of drug-likeness (QED) is 0.882. The van der Waals surface area contributed by atoms with Gasteiger partial charge in [0.25, 0.3) is 5.91 Å². The van der Waals surface area contributed by atoms with Gasteiger partial charge in [0.1, 0.15) is 17.1 Å². The van der Waals surface area contributed by atoms with Gasteiger partial charge in [0.2, 0.25) is 5.12 Å². The third kappa shape index (κ3) is 2.21. The van der Waals surface area contributed by atoms with E-state index < -0.39 is 11.5 Å². The van der Waals surface area contributed by atoms with Crippen molar-refractivity contribution >= 4 is 28.5 Å². The van der Waals surface area contributed by atoms with Crippen LogP contribution in [0.15, 0.2) is 33.9 Å². The summed E-state index contributed by atoms with van der Waals surface area (Å²) in [5.41, 5.74) is -0.413. The molecule has 1 aliphatic rings. The highest BCUT2D eigenvalue weighted by molar-refractivity contribution is 8.13. The molecule has 3 rings (SSSR count). The lowest BCUT2D eigenvalue weighted by Gasteiger charge is -2.04. The number of hydrogen-bond donors (Lipinski definition) is 1. The summed E-state index contributed by atoms with van der Waals surface area (Å²) in [4.78, 5) is 42.7. The van der Waals surface area contributed by atoms with Gasteiger partial charge >= 0.3 is 5.63 Å². The maximum atomic E-state index is 11.9. The number of fused-ring (bicyclic) bond motifs is 1. The molecule has 3 heterocycles. The molecule has 0 radical (unpaired) electrons. The van der Waals surface area contributed by atoms with Crippen LogP contribution in [0.3, 0.4) is 0 Å². The average Bonchev–Trinajstić information content (AvgIpc) is 2.81.